The molecule has 1 saturated carbocycles. The molecule has 0 bridgehead atoms. The lowest BCUT2D eigenvalue weighted by Gasteiger charge is -2.35. The minimum atomic E-state index is -2.91. The third-order valence-electron chi connectivity index (χ3n) is 6.80. The quantitative estimate of drug-likeness (QED) is 0.791. The van der Waals surface area contributed by atoms with Gasteiger partial charge in [0, 0.05) is 37.5 Å². The summed E-state index contributed by atoms with van der Waals surface area (Å²) in [7, 11) is -2.91. The van der Waals surface area contributed by atoms with Gasteiger partial charge in [-0.25, -0.2) is 8.42 Å². The van der Waals surface area contributed by atoms with Gasteiger partial charge in [-0.2, -0.15) is 0 Å². The number of benzene rings is 1. The SMILES string of the molecule is Cc1ccc(C2(CN3CCC(NC(=O)CC4CCS(=O)(=O)C4)CC3)CC2)cc1. The molecule has 28 heavy (non-hydrogen) atoms. The van der Waals surface area contributed by atoms with Gasteiger partial charge in [-0.3, -0.25) is 4.79 Å². The molecule has 1 amide bonds. The Labute approximate surface area is 168 Å². The predicted molar refractivity (Wildman–Crippen MR) is 111 cm³/mol. The fourth-order valence-corrected chi connectivity index (χ4v) is 6.70. The van der Waals surface area contributed by atoms with Crippen molar-refractivity contribution in [2.45, 2.75) is 56.9 Å². The first-order valence-electron chi connectivity index (χ1n) is 10.6. The van der Waals surface area contributed by atoms with Crippen LogP contribution in [0.2, 0.25) is 0 Å². The van der Waals surface area contributed by atoms with Crippen molar-refractivity contribution in [3.05, 3.63) is 35.4 Å². The topological polar surface area (TPSA) is 66.5 Å². The second-order valence-electron chi connectivity index (χ2n) is 9.24. The molecule has 6 heteroatoms. The molecular formula is C22H32N2O3S. The van der Waals surface area contributed by atoms with E-state index in [0.717, 1.165) is 32.5 Å². The lowest BCUT2D eigenvalue weighted by Crippen LogP contribution is -2.46. The maximum atomic E-state index is 12.3. The van der Waals surface area contributed by atoms with Crippen LogP contribution in [0.1, 0.15) is 49.7 Å². The number of piperidine rings is 1. The van der Waals surface area contributed by atoms with E-state index in [0.29, 0.717) is 18.3 Å². The average molecular weight is 405 g/mol. The molecule has 1 N–H and O–H groups in total. The lowest BCUT2D eigenvalue weighted by molar-refractivity contribution is -0.122. The molecule has 0 radical (unpaired) electrons. The van der Waals surface area contributed by atoms with Crippen LogP contribution in [0.25, 0.3) is 0 Å². The number of carbonyl (C=O) groups excluding carboxylic acids is 1. The van der Waals surface area contributed by atoms with Gasteiger partial charge in [-0.15, -0.1) is 0 Å². The van der Waals surface area contributed by atoms with Gasteiger partial charge in [0.05, 0.1) is 11.5 Å². The molecule has 2 heterocycles. The van der Waals surface area contributed by atoms with Crippen LogP contribution in [-0.4, -0.2) is 56.4 Å². The Morgan fingerprint density at radius 1 is 1.14 bits per heavy atom. The standard InChI is InChI=1S/C22H32N2O3S/c1-17-2-4-19(5-3-17)22(9-10-22)16-24-11-6-20(7-12-24)23-21(25)14-18-8-13-28(26,27)15-18/h2-5,18,20H,6-16H2,1H3,(H,23,25). The van der Waals surface area contributed by atoms with Gasteiger partial charge < -0.3 is 10.2 Å². The smallest absolute Gasteiger partial charge is 0.220 e. The summed E-state index contributed by atoms with van der Waals surface area (Å²) in [5.74, 6) is 0.458. The van der Waals surface area contributed by atoms with E-state index in [2.05, 4.69) is 41.4 Å². The molecule has 1 unspecified atom stereocenters. The molecule has 0 aromatic heterocycles. The number of carbonyl (C=O) groups is 1. The molecule has 1 aliphatic carbocycles. The number of nitrogens with one attached hydrogen (secondary N) is 1. The van der Waals surface area contributed by atoms with Crippen LogP contribution in [0.5, 0.6) is 0 Å². The maximum Gasteiger partial charge on any atom is 0.220 e. The van der Waals surface area contributed by atoms with E-state index in [1.165, 1.54) is 24.0 Å². The first kappa shape index (κ1) is 19.9. The summed E-state index contributed by atoms with van der Waals surface area (Å²) in [6.07, 6.45) is 5.51. The van der Waals surface area contributed by atoms with E-state index >= 15 is 0 Å². The van der Waals surface area contributed by atoms with Crippen molar-refractivity contribution in [3.8, 4) is 0 Å². The summed E-state index contributed by atoms with van der Waals surface area (Å²) < 4.78 is 23.1. The van der Waals surface area contributed by atoms with Crippen LogP contribution in [0.15, 0.2) is 24.3 Å². The molecule has 2 aliphatic heterocycles. The summed E-state index contributed by atoms with van der Waals surface area (Å²) in [4.78, 5) is 14.8. The minimum absolute atomic E-state index is 0.00863. The first-order valence-corrected chi connectivity index (χ1v) is 12.5. The highest BCUT2D eigenvalue weighted by Crippen LogP contribution is 2.49. The number of amides is 1. The molecule has 3 aliphatic rings. The highest BCUT2D eigenvalue weighted by atomic mass is 32.2. The Morgan fingerprint density at radius 2 is 1.82 bits per heavy atom. The number of aryl methyl sites for hydroxylation is 1. The van der Waals surface area contributed by atoms with Crippen molar-refractivity contribution in [3.63, 3.8) is 0 Å². The summed E-state index contributed by atoms with van der Waals surface area (Å²) in [5, 5.41) is 3.15. The third-order valence-corrected chi connectivity index (χ3v) is 8.63. The lowest BCUT2D eigenvalue weighted by atomic mass is 9.93. The fourth-order valence-electron chi connectivity index (χ4n) is 4.84. The number of likely N-dealkylation sites (tertiary alicyclic amines) is 1. The van der Waals surface area contributed by atoms with Crippen molar-refractivity contribution in [2.24, 2.45) is 5.92 Å². The van der Waals surface area contributed by atoms with Gasteiger partial charge in [-0.05, 0) is 50.5 Å². The van der Waals surface area contributed by atoms with Crippen LogP contribution < -0.4 is 5.32 Å². The highest BCUT2D eigenvalue weighted by molar-refractivity contribution is 7.91. The first-order chi connectivity index (χ1) is 13.3. The van der Waals surface area contributed by atoms with Gasteiger partial charge in [0.2, 0.25) is 5.91 Å². The third kappa shape index (κ3) is 4.77. The second-order valence-corrected chi connectivity index (χ2v) is 11.5. The van der Waals surface area contributed by atoms with Crippen LogP contribution in [0.4, 0.5) is 0 Å². The average Bonchev–Trinajstić information content (AvgIpc) is 3.34. The van der Waals surface area contributed by atoms with Gasteiger partial charge in [0.15, 0.2) is 9.84 Å². The van der Waals surface area contributed by atoms with Crippen molar-refractivity contribution in [1.82, 2.24) is 10.2 Å². The van der Waals surface area contributed by atoms with Crippen LogP contribution in [0.3, 0.4) is 0 Å². The number of rotatable bonds is 6. The van der Waals surface area contributed by atoms with E-state index in [4.69, 9.17) is 0 Å². The zero-order valence-corrected chi connectivity index (χ0v) is 17.6. The van der Waals surface area contributed by atoms with Crippen molar-refractivity contribution < 1.29 is 13.2 Å². The molecule has 0 spiro atoms. The Hall–Kier alpha value is -1.40. The zero-order chi connectivity index (χ0) is 19.8. The molecule has 1 atom stereocenters. The Balaban J connectivity index is 1.22. The highest BCUT2D eigenvalue weighted by Gasteiger charge is 2.45. The van der Waals surface area contributed by atoms with Crippen molar-refractivity contribution >= 4 is 15.7 Å². The summed E-state index contributed by atoms with van der Waals surface area (Å²) in [6, 6.07) is 9.24. The number of hydrogen-bond acceptors (Lipinski definition) is 4. The van der Waals surface area contributed by atoms with Crippen LogP contribution in [-0.2, 0) is 20.0 Å². The Morgan fingerprint density at radius 3 is 2.39 bits per heavy atom. The van der Waals surface area contributed by atoms with Crippen LogP contribution >= 0.6 is 0 Å². The number of sulfone groups is 1. The summed E-state index contributed by atoms with van der Waals surface area (Å²) in [6.45, 7) is 5.30. The van der Waals surface area contributed by atoms with Crippen LogP contribution in [0, 0.1) is 12.8 Å². The molecule has 154 valence electrons. The number of hydrogen-bond donors (Lipinski definition) is 1. The molecule has 5 nitrogen and oxygen atoms in total. The largest absolute Gasteiger partial charge is 0.353 e. The monoisotopic (exact) mass is 404 g/mol. The predicted octanol–water partition coefficient (Wildman–Crippen LogP) is 2.43. The summed E-state index contributed by atoms with van der Waals surface area (Å²) in [5.41, 5.74) is 3.13. The number of nitrogens with zero attached hydrogens (tertiary/aromatic N) is 1. The van der Waals surface area contributed by atoms with E-state index in [9.17, 15) is 13.2 Å². The molecule has 4 rings (SSSR count). The minimum Gasteiger partial charge on any atom is -0.353 e. The van der Waals surface area contributed by atoms with Gasteiger partial charge in [-0.1, -0.05) is 29.8 Å². The fraction of sp³-hybridized carbons (Fsp3) is 0.682. The van der Waals surface area contributed by atoms with E-state index in [1.807, 2.05) is 0 Å². The molecule has 3 fully saturated rings. The molecule has 1 aromatic carbocycles. The van der Waals surface area contributed by atoms with E-state index in [1.54, 1.807) is 0 Å². The van der Waals surface area contributed by atoms with Gasteiger partial charge in [0.1, 0.15) is 0 Å². The second kappa shape index (κ2) is 7.79. The normalized spacial score (nSPS) is 26.8. The van der Waals surface area contributed by atoms with E-state index < -0.39 is 9.84 Å². The van der Waals surface area contributed by atoms with E-state index in [-0.39, 0.29) is 29.4 Å². The van der Waals surface area contributed by atoms with Crippen molar-refractivity contribution in [1.29, 1.82) is 0 Å². The van der Waals surface area contributed by atoms with Crippen molar-refractivity contribution in [2.75, 3.05) is 31.1 Å². The molecular weight excluding hydrogens is 372 g/mol. The van der Waals surface area contributed by atoms with Gasteiger partial charge >= 0.3 is 0 Å². The Bertz CT molecular complexity index is 807. The zero-order valence-electron chi connectivity index (χ0n) is 16.8. The molecule has 1 aromatic rings. The maximum absolute atomic E-state index is 12.3. The molecule has 2 saturated heterocycles. The summed E-state index contributed by atoms with van der Waals surface area (Å²) >= 11 is 0. The Kier molecular flexibility index (Phi) is 5.53. The van der Waals surface area contributed by atoms with Gasteiger partial charge in [0.25, 0.3) is 0 Å².